The Hall–Kier alpha value is -2.54. The lowest BCUT2D eigenvalue weighted by Crippen LogP contribution is -2.32. The fourth-order valence-corrected chi connectivity index (χ4v) is 4.20. The number of rotatable bonds is 11. The summed E-state index contributed by atoms with van der Waals surface area (Å²) in [7, 11) is -3.41. The molecule has 1 amide bonds. The van der Waals surface area contributed by atoms with Crippen LogP contribution in [0.4, 0.5) is 5.69 Å². The first kappa shape index (κ1) is 23.7. The van der Waals surface area contributed by atoms with E-state index in [1.807, 2.05) is 50.2 Å². The second-order valence-electron chi connectivity index (χ2n) is 7.48. The number of benzene rings is 2. The molecule has 2 aromatic carbocycles. The molecule has 0 spiro atoms. The summed E-state index contributed by atoms with van der Waals surface area (Å²) in [5.74, 6) is 0.674. The lowest BCUT2D eigenvalue weighted by Gasteiger charge is -2.22. The summed E-state index contributed by atoms with van der Waals surface area (Å²) >= 11 is 0. The number of anilines is 1. The number of sulfonamides is 1. The van der Waals surface area contributed by atoms with Crippen LogP contribution in [0.15, 0.2) is 42.5 Å². The molecule has 7 heteroatoms. The maximum atomic E-state index is 12.2. The van der Waals surface area contributed by atoms with Crippen molar-refractivity contribution in [1.29, 1.82) is 0 Å². The zero-order valence-corrected chi connectivity index (χ0v) is 19.1. The van der Waals surface area contributed by atoms with Crippen molar-refractivity contribution in [3.05, 3.63) is 59.2 Å². The Balaban J connectivity index is 1.76. The lowest BCUT2D eigenvalue weighted by molar-refractivity contribution is -0.121. The first-order valence-corrected chi connectivity index (χ1v) is 12.1. The SMILES string of the molecule is CCc1ccc(N(CCCC(=O)NCCOc2cc(C)cc(C)c2)S(C)(=O)=O)cc1. The Bertz CT molecular complexity index is 920. The third kappa shape index (κ3) is 7.71. The van der Waals surface area contributed by atoms with Gasteiger partial charge in [-0.1, -0.05) is 25.1 Å². The summed E-state index contributed by atoms with van der Waals surface area (Å²) in [5, 5.41) is 2.82. The lowest BCUT2D eigenvalue weighted by atomic mass is 10.1. The summed E-state index contributed by atoms with van der Waals surface area (Å²) < 4.78 is 31.4. The zero-order chi connectivity index (χ0) is 22.1. The minimum absolute atomic E-state index is 0.117. The fraction of sp³-hybridized carbons (Fsp3) is 0.435. The number of carbonyl (C=O) groups excluding carboxylic acids is 1. The van der Waals surface area contributed by atoms with Gasteiger partial charge in [0.1, 0.15) is 12.4 Å². The molecule has 0 heterocycles. The third-order valence-electron chi connectivity index (χ3n) is 4.69. The molecule has 0 aromatic heterocycles. The molecule has 0 saturated carbocycles. The molecule has 0 atom stereocenters. The summed E-state index contributed by atoms with van der Waals surface area (Å²) in [6, 6.07) is 13.5. The topological polar surface area (TPSA) is 75.7 Å². The van der Waals surface area contributed by atoms with Crippen molar-refractivity contribution in [3.63, 3.8) is 0 Å². The van der Waals surface area contributed by atoms with Crippen LogP contribution in [0.25, 0.3) is 0 Å². The van der Waals surface area contributed by atoms with Crippen LogP contribution in [0.1, 0.15) is 36.5 Å². The van der Waals surface area contributed by atoms with E-state index in [4.69, 9.17) is 4.74 Å². The van der Waals surface area contributed by atoms with E-state index >= 15 is 0 Å². The van der Waals surface area contributed by atoms with E-state index in [-0.39, 0.29) is 18.9 Å². The molecule has 0 aliphatic heterocycles. The molecule has 0 aliphatic rings. The van der Waals surface area contributed by atoms with Gasteiger partial charge in [-0.15, -0.1) is 0 Å². The molecule has 0 bridgehead atoms. The quantitative estimate of drug-likeness (QED) is 0.551. The Kier molecular flexibility index (Phi) is 8.72. The van der Waals surface area contributed by atoms with E-state index in [2.05, 4.69) is 18.3 Å². The number of aryl methyl sites for hydroxylation is 3. The van der Waals surface area contributed by atoms with E-state index in [0.717, 1.165) is 28.9 Å². The van der Waals surface area contributed by atoms with Gasteiger partial charge in [-0.2, -0.15) is 0 Å². The Morgan fingerprint density at radius 1 is 1.07 bits per heavy atom. The molecule has 0 unspecified atom stereocenters. The predicted octanol–water partition coefficient (Wildman–Crippen LogP) is 3.61. The number of carbonyl (C=O) groups is 1. The van der Waals surface area contributed by atoms with Crippen molar-refractivity contribution in [2.24, 2.45) is 0 Å². The minimum atomic E-state index is -3.41. The van der Waals surface area contributed by atoms with E-state index in [1.54, 1.807) is 0 Å². The standard InChI is InChI=1S/C23H32N2O4S/c1-5-20-8-10-21(11-9-20)25(30(4,27)28)13-6-7-23(26)24-12-14-29-22-16-18(2)15-19(3)17-22/h8-11,15-17H,5-7,12-14H2,1-4H3,(H,24,26). The Labute approximate surface area is 180 Å². The first-order chi connectivity index (χ1) is 14.2. The Morgan fingerprint density at radius 3 is 2.27 bits per heavy atom. The molecule has 2 aromatic rings. The molecule has 0 fully saturated rings. The van der Waals surface area contributed by atoms with Gasteiger partial charge < -0.3 is 10.1 Å². The van der Waals surface area contributed by atoms with Crippen LogP contribution >= 0.6 is 0 Å². The van der Waals surface area contributed by atoms with Gasteiger partial charge >= 0.3 is 0 Å². The summed E-state index contributed by atoms with van der Waals surface area (Å²) in [5.41, 5.74) is 4.04. The number of nitrogens with one attached hydrogen (secondary N) is 1. The molecular formula is C23H32N2O4S. The van der Waals surface area contributed by atoms with Crippen molar-refractivity contribution < 1.29 is 17.9 Å². The zero-order valence-electron chi connectivity index (χ0n) is 18.3. The first-order valence-electron chi connectivity index (χ1n) is 10.2. The van der Waals surface area contributed by atoms with Crippen LogP contribution in [0.5, 0.6) is 5.75 Å². The monoisotopic (exact) mass is 432 g/mol. The van der Waals surface area contributed by atoms with Crippen molar-refractivity contribution in [3.8, 4) is 5.75 Å². The molecular weight excluding hydrogens is 400 g/mol. The number of nitrogens with zero attached hydrogens (tertiary/aromatic N) is 1. The highest BCUT2D eigenvalue weighted by atomic mass is 32.2. The van der Waals surface area contributed by atoms with Crippen molar-refractivity contribution in [1.82, 2.24) is 5.32 Å². The van der Waals surface area contributed by atoms with Gasteiger partial charge in [-0.05, 0) is 67.6 Å². The number of hydrogen-bond donors (Lipinski definition) is 1. The van der Waals surface area contributed by atoms with Crippen LogP contribution in [0, 0.1) is 13.8 Å². The Morgan fingerprint density at radius 2 is 1.70 bits per heavy atom. The van der Waals surface area contributed by atoms with Gasteiger partial charge in [0.25, 0.3) is 0 Å². The molecule has 164 valence electrons. The van der Waals surface area contributed by atoms with E-state index in [0.29, 0.717) is 25.3 Å². The molecule has 0 radical (unpaired) electrons. The van der Waals surface area contributed by atoms with Gasteiger partial charge in [0.2, 0.25) is 15.9 Å². The fourth-order valence-electron chi connectivity index (χ4n) is 3.23. The summed E-state index contributed by atoms with van der Waals surface area (Å²) in [4.78, 5) is 12.1. The summed E-state index contributed by atoms with van der Waals surface area (Å²) in [6.07, 6.45) is 2.77. The van der Waals surface area contributed by atoms with Crippen molar-refractivity contribution >= 4 is 21.6 Å². The van der Waals surface area contributed by atoms with Gasteiger partial charge in [-0.3, -0.25) is 9.10 Å². The molecule has 0 aliphatic carbocycles. The number of ether oxygens (including phenoxy) is 1. The van der Waals surface area contributed by atoms with Gasteiger partial charge in [-0.25, -0.2) is 8.42 Å². The van der Waals surface area contributed by atoms with Crippen LogP contribution < -0.4 is 14.4 Å². The van der Waals surface area contributed by atoms with Crippen LogP contribution in [-0.2, 0) is 21.2 Å². The normalized spacial score (nSPS) is 11.2. The van der Waals surface area contributed by atoms with Gasteiger partial charge in [0.05, 0.1) is 18.5 Å². The highest BCUT2D eigenvalue weighted by Gasteiger charge is 2.17. The van der Waals surface area contributed by atoms with E-state index in [1.165, 1.54) is 10.6 Å². The van der Waals surface area contributed by atoms with Crippen LogP contribution in [-0.4, -0.2) is 40.3 Å². The molecule has 2 rings (SSSR count). The molecule has 6 nitrogen and oxygen atoms in total. The highest BCUT2D eigenvalue weighted by Crippen LogP contribution is 2.19. The minimum Gasteiger partial charge on any atom is -0.492 e. The molecule has 1 N–H and O–H groups in total. The average Bonchev–Trinajstić information content (AvgIpc) is 2.67. The van der Waals surface area contributed by atoms with Gasteiger partial charge in [0.15, 0.2) is 0 Å². The third-order valence-corrected chi connectivity index (χ3v) is 5.88. The van der Waals surface area contributed by atoms with Gasteiger partial charge in [0, 0.05) is 13.0 Å². The van der Waals surface area contributed by atoms with Crippen molar-refractivity contribution in [2.75, 3.05) is 30.3 Å². The number of hydrogen-bond acceptors (Lipinski definition) is 4. The van der Waals surface area contributed by atoms with Crippen LogP contribution in [0.3, 0.4) is 0 Å². The molecule has 0 saturated heterocycles. The summed E-state index contributed by atoms with van der Waals surface area (Å²) in [6.45, 7) is 7.12. The van der Waals surface area contributed by atoms with Crippen LogP contribution in [0.2, 0.25) is 0 Å². The second-order valence-corrected chi connectivity index (χ2v) is 9.39. The largest absolute Gasteiger partial charge is 0.492 e. The molecule has 30 heavy (non-hydrogen) atoms. The number of amides is 1. The highest BCUT2D eigenvalue weighted by molar-refractivity contribution is 7.92. The maximum absolute atomic E-state index is 12.2. The average molecular weight is 433 g/mol. The van der Waals surface area contributed by atoms with E-state index in [9.17, 15) is 13.2 Å². The second kappa shape index (κ2) is 11.0. The smallest absolute Gasteiger partial charge is 0.232 e. The maximum Gasteiger partial charge on any atom is 0.232 e. The van der Waals surface area contributed by atoms with Crippen molar-refractivity contribution in [2.45, 2.75) is 40.0 Å². The predicted molar refractivity (Wildman–Crippen MR) is 122 cm³/mol. The van der Waals surface area contributed by atoms with E-state index < -0.39 is 10.0 Å².